The van der Waals surface area contributed by atoms with Crippen LogP contribution in [-0.4, -0.2) is 18.5 Å². The summed E-state index contributed by atoms with van der Waals surface area (Å²) in [6.07, 6.45) is 0. The van der Waals surface area contributed by atoms with Gasteiger partial charge in [0.1, 0.15) is 0 Å². The van der Waals surface area contributed by atoms with Crippen LogP contribution in [-0.2, 0) is 9.53 Å². The number of rotatable bonds is 4. The Balaban J connectivity index is 2.14. The Morgan fingerprint density at radius 3 is 1.70 bits per heavy atom. The first-order valence-electron chi connectivity index (χ1n) is 9.16. The first-order chi connectivity index (χ1) is 12.5. The Labute approximate surface area is 161 Å². The van der Waals surface area contributed by atoms with Gasteiger partial charge in [0.05, 0.1) is 5.56 Å². The predicted molar refractivity (Wildman–Crippen MR) is 110 cm³/mol. The normalized spacial score (nSPS) is 10.7. The molecule has 0 aliphatic carbocycles. The first kappa shape index (κ1) is 20.7. The number of esters is 1. The third kappa shape index (κ3) is 4.21. The fourth-order valence-corrected chi connectivity index (χ4v) is 3.56. The van der Waals surface area contributed by atoms with E-state index >= 15 is 0 Å². The molecule has 0 aliphatic rings. The Morgan fingerprint density at radius 1 is 0.778 bits per heavy atom. The van der Waals surface area contributed by atoms with Gasteiger partial charge in [-0.05, 0) is 94.3 Å². The molecular formula is C23H29NO3. The van der Waals surface area contributed by atoms with Crippen LogP contribution in [0.15, 0.2) is 12.1 Å². The van der Waals surface area contributed by atoms with Crippen molar-refractivity contribution >= 4 is 17.6 Å². The van der Waals surface area contributed by atoms with Crippen LogP contribution in [0.2, 0.25) is 0 Å². The zero-order valence-corrected chi connectivity index (χ0v) is 17.6. The average molecular weight is 367 g/mol. The molecule has 0 unspecified atom stereocenters. The summed E-state index contributed by atoms with van der Waals surface area (Å²) in [7, 11) is 0. The lowest BCUT2D eigenvalue weighted by molar-refractivity contribution is -0.119. The van der Waals surface area contributed by atoms with Gasteiger partial charge >= 0.3 is 5.97 Å². The number of hydrogen-bond acceptors (Lipinski definition) is 3. The minimum Gasteiger partial charge on any atom is -0.452 e. The van der Waals surface area contributed by atoms with Gasteiger partial charge in [0.25, 0.3) is 5.91 Å². The van der Waals surface area contributed by atoms with Gasteiger partial charge in [-0.1, -0.05) is 17.7 Å². The SMILES string of the molecule is Cc1cc(C)c(NC(=O)COC(=O)c2c(C)c(C)c(C)c(C)c2C)c(C)c1. The fraction of sp³-hybridized carbons (Fsp3) is 0.391. The first-order valence-corrected chi connectivity index (χ1v) is 9.16. The number of ether oxygens (including phenoxy) is 1. The molecule has 0 radical (unpaired) electrons. The van der Waals surface area contributed by atoms with Gasteiger partial charge in [0.2, 0.25) is 0 Å². The number of aryl methyl sites for hydroxylation is 3. The number of hydrogen-bond donors (Lipinski definition) is 1. The van der Waals surface area contributed by atoms with Gasteiger partial charge in [0, 0.05) is 5.69 Å². The molecule has 27 heavy (non-hydrogen) atoms. The number of carbonyl (C=O) groups is 2. The van der Waals surface area contributed by atoms with Crippen molar-refractivity contribution in [3.8, 4) is 0 Å². The standard InChI is InChI=1S/C23H29NO3/c1-12-9-13(2)22(14(3)10-12)24-20(25)11-27-23(26)21-18(7)16(5)15(4)17(6)19(21)8/h9-10H,11H2,1-8H3,(H,24,25). The summed E-state index contributed by atoms with van der Waals surface area (Å²) >= 11 is 0. The number of benzene rings is 2. The quantitative estimate of drug-likeness (QED) is 0.778. The highest BCUT2D eigenvalue weighted by atomic mass is 16.5. The molecule has 4 nitrogen and oxygen atoms in total. The molecule has 1 amide bonds. The third-order valence-corrected chi connectivity index (χ3v) is 5.48. The number of anilines is 1. The van der Waals surface area contributed by atoms with Gasteiger partial charge in [-0.15, -0.1) is 0 Å². The zero-order chi connectivity index (χ0) is 20.5. The van der Waals surface area contributed by atoms with Crippen LogP contribution < -0.4 is 5.32 Å². The maximum Gasteiger partial charge on any atom is 0.339 e. The number of nitrogens with one attached hydrogen (secondary N) is 1. The monoisotopic (exact) mass is 367 g/mol. The van der Waals surface area contributed by atoms with Crippen LogP contribution in [0, 0.1) is 55.4 Å². The molecule has 0 heterocycles. The Morgan fingerprint density at radius 2 is 1.22 bits per heavy atom. The molecule has 0 bridgehead atoms. The summed E-state index contributed by atoms with van der Waals surface area (Å²) in [6.45, 7) is 15.5. The molecule has 0 fully saturated rings. The maximum absolute atomic E-state index is 12.6. The van der Waals surface area contributed by atoms with Crippen LogP contribution in [0.3, 0.4) is 0 Å². The summed E-state index contributed by atoms with van der Waals surface area (Å²) < 4.78 is 5.33. The molecule has 0 atom stereocenters. The predicted octanol–water partition coefficient (Wildman–Crippen LogP) is 4.95. The van der Waals surface area contributed by atoms with Crippen molar-refractivity contribution < 1.29 is 14.3 Å². The van der Waals surface area contributed by atoms with E-state index in [0.29, 0.717) is 5.56 Å². The van der Waals surface area contributed by atoms with E-state index in [2.05, 4.69) is 12.2 Å². The molecule has 2 rings (SSSR count). The maximum atomic E-state index is 12.6. The van der Waals surface area contributed by atoms with E-state index in [0.717, 1.165) is 44.6 Å². The smallest absolute Gasteiger partial charge is 0.339 e. The number of amides is 1. The van der Waals surface area contributed by atoms with E-state index in [-0.39, 0.29) is 12.5 Å². The lowest BCUT2D eigenvalue weighted by atomic mass is 9.90. The molecule has 0 aromatic heterocycles. The summed E-state index contributed by atoms with van der Waals surface area (Å²) in [5.41, 5.74) is 9.63. The topological polar surface area (TPSA) is 55.4 Å². The third-order valence-electron chi connectivity index (χ3n) is 5.48. The average Bonchev–Trinajstić information content (AvgIpc) is 2.59. The largest absolute Gasteiger partial charge is 0.452 e. The van der Waals surface area contributed by atoms with Crippen molar-refractivity contribution in [2.45, 2.75) is 55.4 Å². The van der Waals surface area contributed by atoms with Crippen molar-refractivity contribution in [3.05, 3.63) is 62.2 Å². The van der Waals surface area contributed by atoms with Gasteiger partial charge < -0.3 is 10.1 Å². The van der Waals surface area contributed by atoms with Gasteiger partial charge in [-0.3, -0.25) is 4.79 Å². The molecule has 2 aromatic rings. The van der Waals surface area contributed by atoms with Crippen LogP contribution >= 0.6 is 0 Å². The summed E-state index contributed by atoms with van der Waals surface area (Å²) in [5, 5.41) is 2.86. The molecule has 0 saturated heterocycles. The highest BCUT2D eigenvalue weighted by molar-refractivity contribution is 5.98. The summed E-state index contributed by atoms with van der Waals surface area (Å²) in [6, 6.07) is 4.03. The molecule has 0 aliphatic heterocycles. The highest BCUT2D eigenvalue weighted by Crippen LogP contribution is 2.27. The minimum atomic E-state index is -0.455. The molecule has 144 valence electrons. The second kappa shape index (κ2) is 7.95. The molecule has 4 heteroatoms. The van der Waals surface area contributed by atoms with E-state index in [1.54, 1.807) is 0 Å². The van der Waals surface area contributed by atoms with E-state index in [1.165, 1.54) is 5.56 Å². The minimum absolute atomic E-state index is 0.309. The second-order valence-electron chi connectivity index (χ2n) is 7.40. The molecule has 1 N–H and O–H groups in total. The highest BCUT2D eigenvalue weighted by Gasteiger charge is 2.20. The molecule has 0 saturated carbocycles. The van der Waals surface area contributed by atoms with Gasteiger partial charge in [-0.25, -0.2) is 4.79 Å². The second-order valence-corrected chi connectivity index (χ2v) is 7.40. The van der Waals surface area contributed by atoms with E-state index < -0.39 is 5.97 Å². The van der Waals surface area contributed by atoms with Crippen molar-refractivity contribution in [3.63, 3.8) is 0 Å². The van der Waals surface area contributed by atoms with Gasteiger partial charge in [0.15, 0.2) is 6.61 Å². The van der Waals surface area contributed by atoms with Crippen LogP contribution in [0.1, 0.15) is 54.9 Å². The van der Waals surface area contributed by atoms with Crippen LogP contribution in [0.5, 0.6) is 0 Å². The zero-order valence-electron chi connectivity index (χ0n) is 17.6. The van der Waals surface area contributed by atoms with Gasteiger partial charge in [-0.2, -0.15) is 0 Å². The molecule has 2 aromatic carbocycles. The van der Waals surface area contributed by atoms with Crippen molar-refractivity contribution in [1.29, 1.82) is 0 Å². The van der Waals surface area contributed by atoms with Crippen molar-refractivity contribution in [1.82, 2.24) is 0 Å². The Kier molecular flexibility index (Phi) is 6.09. The fourth-order valence-electron chi connectivity index (χ4n) is 3.56. The summed E-state index contributed by atoms with van der Waals surface area (Å²) in [4.78, 5) is 24.9. The van der Waals surface area contributed by atoms with Crippen LogP contribution in [0.25, 0.3) is 0 Å². The van der Waals surface area contributed by atoms with Crippen molar-refractivity contribution in [2.24, 2.45) is 0 Å². The lowest BCUT2D eigenvalue weighted by Crippen LogP contribution is -2.23. The Bertz CT molecular complexity index is 874. The van der Waals surface area contributed by atoms with Crippen molar-refractivity contribution in [2.75, 3.05) is 11.9 Å². The van der Waals surface area contributed by atoms with E-state index in [1.807, 2.05) is 60.6 Å². The van der Waals surface area contributed by atoms with Crippen LogP contribution in [0.4, 0.5) is 5.69 Å². The molecular weight excluding hydrogens is 338 g/mol. The summed E-state index contributed by atoms with van der Waals surface area (Å²) in [5.74, 6) is -0.794. The van der Waals surface area contributed by atoms with E-state index in [4.69, 9.17) is 4.74 Å². The number of carbonyl (C=O) groups excluding carboxylic acids is 2. The Hall–Kier alpha value is -2.62. The molecule has 0 spiro atoms. The lowest BCUT2D eigenvalue weighted by Gasteiger charge is -2.18. The van der Waals surface area contributed by atoms with E-state index in [9.17, 15) is 9.59 Å².